The molecule has 9 N–H and O–H groups in total. The fourth-order valence-corrected chi connectivity index (χ4v) is 3.15. The molecule has 0 radical (unpaired) electrons. The van der Waals surface area contributed by atoms with Crippen LogP contribution in [0.1, 0.15) is 25.0 Å². The second-order valence-electron chi connectivity index (χ2n) is 7.30. The summed E-state index contributed by atoms with van der Waals surface area (Å²) in [5, 5.41) is 28.1. The lowest BCUT2D eigenvalue weighted by Crippen LogP contribution is -2.58. The van der Waals surface area contributed by atoms with Crippen molar-refractivity contribution in [2.24, 2.45) is 5.73 Å². The van der Waals surface area contributed by atoms with E-state index in [0.717, 1.165) is 6.42 Å². The molecule has 32 heavy (non-hydrogen) atoms. The molecule has 176 valence electrons. The second-order valence-corrected chi connectivity index (χ2v) is 7.30. The first kappa shape index (κ1) is 24.7. The molecule has 1 aliphatic rings. The van der Waals surface area contributed by atoms with Crippen molar-refractivity contribution in [3.63, 3.8) is 0 Å². The third-order valence-electron chi connectivity index (χ3n) is 4.82. The Kier molecular flexibility index (Phi) is 9.09. The number of primary amides is 1. The SMILES string of the molecule is NC(=O)CC(NC(=O)C(Cc1cnc[nH]1)NC(=O)C1CCCN1)C(=O)NC(CO)C(=O)O. The van der Waals surface area contributed by atoms with Gasteiger partial charge < -0.3 is 42.2 Å². The van der Waals surface area contributed by atoms with Gasteiger partial charge in [0.1, 0.15) is 18.1 Å². The highest BCUT2D eigenvalue weighted by Crippen LogP contribution is 2.07. The smallest absolute Gasteiger partial charge is 0.328 e. The molecule has 1 saturated heterocycles. The molecule has 4 unspecified atom stereocenters. The molecule has 1 aliphatic heterocycles. The number of carboxylic acids is 1. The predicted molar refractivity (Wildman–Crippen MR) is 108 cm³/mol. The largest absolute Gasteiger partial charge is 0.480 e. The molecular weight excluding hydrogens is 426 g/mol. The lowest BCUT2D eigenvalue weighted by atomic mass is 10.1. The van der Waals surface area contributed by atoms with Crippen LogP contribution in [0.25, 0.3) is 0 Å². The number of aromatic nitrogens is 2. The number of carbonyl (C=O) groups excluding carboxylic acids is 4. The van der Waals surface area contributed by atoms with Crippen molar-refractivity contribution < 1.29 is 34.2 Å². The van der Waals surface area contributed by atoms with E-state index in [9.17, 15) is 24.0 Å². The first-order valence-electron chi connectivity index (χ1n) is 9.95. The number of carbonyl (C=O) groups is 5. The summed E-state index contributed by atoms with van der Waals surface area (Å²) in [6, 6.07) is -4.73. The molecule has 0 bridgehead atoms. The number of carboxylic acid groups (broad SMARTS) is 1. The van der Waals surface area contributed by atoms with E-state index in [0.29, 0.717) is 18.7 Å². The number of aliphatic hydroxyl groups excluding tert-OH is 1. The Morgan fingerprint density at radius 3 is 2.34 bits per heavy atom. The average molecular weight is 453 g/mol. The number of nitrogens with one attached hydrogen (secondary N) is 5. The van der Waals surface area contributed by atoms with Crippen LogP contribution in [0.4, 0.5) is 0 Å². The van der Waals surface area contributed by atoms with Crippen molar-refractivity contribution in [1.29, 1.82) is 0 Å². The van der Waals surface area contributed by atoms with E-state index in [1.807, 2.05) is 5.32 Å². The Hall–Kier alpha value is -3.52. The normalized spacial score (nSPS) is 18.2. The van der Waals surface area contributed by atoms with Crippen LogP contribution >= 0.6 is 0 Å². The quantitative estimate of drug-likeness (QED) is 0.154. The van der Waals surface area contributed by atoms with E-state index < -0.39 is 66.8 Å². The zero-order chi connectivity index (χ0) is 23.7. The summed E-state index contributed by atoms with van der Waals surface area (Å²) in [5.41, 5.74) is 5.69. The van der Waals surface area contributed by atoms with Gasteiger partial charge in [0, 0.05) is 18.3 Å². The van der Waals surface area contributed by atoms with Crippen LogP contribution in [0.3, 0.4) is 0 Å². The van der Waals surface area contributed by atoms with E-state index in [1.54, 1.807) is 0 Å². The summed E-state index contributed by atoms with van der Waals surface area (Å²) in [6.07, 6.45) is 3.68. The minimum absolute atomic E-state index is 0.0175. The van der Waals surface area contributed by atoms with E-state index in [2.05, 4.69) is 25.9 Å². The van der Waals surface area contributed by atoms with Gasteiger partial charge in [-0.3, -0.25) is 19.2 Å². The minimum atomic E-state index is -1.64. The number of nitrogens with zero attached hydrogens (tertiary/aromatic N) is 1. The number of imidazole rings is 1. The predicted octanol–water partition coefficient (Wildman–Crippen LogP) is -3.89. The highest BCUT2D eigenvalue weighted by atomic mass is 16.4. The van der Waals surface area contributed by atoms with Crippen molar-refractivity contribution >= 4 is 29.6 Å². The molecule has 0 saturated carbocycles. The van der Waals surface area contributed by atoms with E-state index >= 15 is 0 Å². The summed E-state index contributed by atoms with van der Waals surface area (Å²) in [4.78, 5) is 67.0. The zero-order valence-electron chi connectivity index (χ0n) is 17.2. The number of aromatic amines is 1. The van der Waals surface area contributed by atoms with Crippen LogP contribution in [0.2, 0.25) is 0 Å². The van der Waals surface area contributed by atoms with Gasteiger partial charge in [0.25, 0.3) is 0 Å². The van der Waals surface area contributed by atoms with Gasteiger partial charge in [0.2, 0.25) is 23.6 Å². The molecule has 0 aromatic carbocycles. The Balaban J connectivity index is 2.14. The zero-order valence-corrected chi connectivity index (χ0v) is 17.2. The van der Waals surface area contributed by atoms with Gasteiger partial charge >= 0.3 is 5.97 Å². The number of hydrogen-bond donors (Lipinski definition) is 8. The third kappa shape index (κ3) is 7.31. The highest BCUT2D eigenvalue weighted by molar-refractivity contribution is 5.96. The Morgan fingerprint density at radius 2 is 1.81 bits per heavy atom. The maximum atomic E-state index is 12.9. The van der Waals surface area contributed by atoms with Crippen molar-refractivity contribution in [2.75, 3.05) is 13.2 Å². The van der Waals surface area contributed by atoms with Crippen LogP contribution < -0.4 is 27.0 Å². The maximum absolute atomic E-state index is 12.9. The molecule has 2 heterocycles. The average Bonchev–Trinajstić information content (AvgIpc) is 3.44. The third-order valence-corrected chi connectivity index (χ3v) is 4.82. The summed E-state index contributed by atoms with van der Waals surface area (Å²) in [5.74, 6) is -4.64. The molecule has 4 atom stereocenters. The van der Waals surface area contributed by atoms with E-state index in [1.165, 1.54) is 12.5 Å². The van der Waals surface area contributed by atoms with Gasteiger partial charge in [-0.2, -0.15) is 0 Å². The molecule has 0 aliphatic carbocycles. The lowest BCUT2D eigenvalue weighted by Gasteiger charge is -2.24. The molecule has 0 spiro atoms. The standard InChI is InChI=1S/C18H27N7O7/c19-14(27)5-12(17(30)25-13(7-26)18(31)32)24-16(29)11(4-9-6-20-8-22-9)23-15(28)10-2-1-3-21-10/h6,8,10-13,21,26H,1-5,7H2,(H2,19,27)(H,20,22)(H,23,28)(H,24,29)(H,25,30)(H,31,32). The van der Waals surface area contributed by atoms with Crippen molar-refractivity contribution in [1.82, 2.24) is 31.2 Å². The summed E-state index contributed by atoms with van der Waals surface area (Å²) >= 11 is 0. The number of aliphatic carboxylic acids is 1. The van der Waals surface area contributed by atoms with Crippen molar-refractivity contribution in [3.8, 4) is 0 Å². The number of amides is 4. The summed E-state index contributed by atoms with van der Waals surface area (Å²) in [6.45, 7) is -0.225. The van der Waals surface area contributed by atoms with Crippen LogP contribution in [-0.4, -0.2) is 87.1 Å². The number of hydrogen-bond acceptors (Lipinski definition) is 8. The first-order chi connectivity index (χ1) is 15.2. The van der Waals surface area contributed by atoms with Gasteiger partial charge in [0.15, 0.2) is 0 Å². The Bertz CT molecular complexity index is 824. The van der Waals surface area contributed by atoms with Crippen molar-refractivity contribution in [3.05, 3.63) is 18.2 Å². The number of rotatable bonds is 12. The Morgan fingerprint density at radius 1 is 1.12 bits per heavy atom. The molecule has 2 rings (SSSR count). The fourth-order valence-electron chi connectivity index (χ4n) is 3.15. The molecule has 1 aromatic heterocycles. The summed E-state index contributed by atoms with van der Waals surface area (Å²) < 4.78 is 0. The molecular formula is C18H27N7O7. The molecule has 1 fully saturated rings. The monoisotopic (exact) mass is 453 g/mol. The lowest BCUT2D eigenvalue weighted by molar-refractivity contribution is -0.143. The van der Waals surface area contributed by atoms with Gasteiger partial charge in [-0.25, -0.2) is 9.78 Å². The Labute approximate surface area is 182 Å². The summed E-state index contributed by atoms with van der Waals surface area (Å²) in [7, 11) is 0. The first-order valence-corrected chi connectivity index (χ1v) is 9.95. The van der Waals surface area contributed by atoms with Gasteiger partial charge in [-0.15, -0.1) is 0 Å². The molecule has 4 amide bonds. The van der Waals surface area contributed by atoms with E-state index in [4.69, 9.17) is 15.9 Å². The van der Waals surface area contributed by atoms with Crippen LogP contribution in [0, 0.1) is 0 Å². The van der Waals surface area contributed by atoms with Crippen LogP contribution in [-0.2, 0) is 30.4 Å². The number of aliphatic hydroxyl groups is 1. The second kappa shape index (κ2) is 11.8. The van der Waals surface area contributed by atoms with Crippen molar-refractivity contribution in [2.45, 2.75) is 49.9 Å². The topological polar surface area (TPSA) is 229 Å². The molecule has 14 nitrogen and oxygen atoms in total. The van der Waals surface area contributed by atoms with Gasteiger partial charge in [0.05, 0.1) is 25.4 Å². The van der Waals surface area contributed by atoms with E-state index in [-0.39, 0.29) is 6.42 Å². The maximum Gasteiger partial charge on any atom is 0.328 e. The molecule has 1 aromatic rings. The van der Waals surface area contributed by atoms with Gasteiger partial charge in [-0.05, 0) is 19.4 Å². The fraction of sp³-hybridized carbons (Fsp3) is 0.556. The highest BCUT2D eigenvalue weighted by Gasteiger charge is 2.32. The number of nitrogens with two attached hydrogens (primary N) is 1. The minimum Gasteiger partial charge on any atom is -0.480 e. The molecule has 14 heteroatoms. The van der Waals surface area contributed by atoms with Gasteiger partial charge in [-0.1, -0.05) is 0 Å². The van der Waals surface area contributed by atoms with Crippen LogP contribution in [0.5, 0.6) is 0 Å². The van der Waals surface area contributed by atoms with Crippen LogP contribution in [0.15, 0.2) is 12.5 Å². The number of H-pyrrole nitrogens is 1.